The average molecular weight is 420 g/mol. The Kier molecular flexibility index (Phi) is 6.14. The minimum atomic E-state index is -3.55. The maximum Gasteiger partial charge on any atom is 0.261 e. The molecule has 2 heterocycles. The van der Waals surface area contributed by atoms with Gasteiger partial charge in [0.25, 0.3) is 5.91 Å². The number of carbonyl (C=O) groups is 1. The van der Waals surface area contributed by atoms with Crippen LogP contribution in [0.3, 0.4) is 0 Å². The van der Waals surface area contributed by atoms with Crippen LogP contribution >= 0.6 is 0 Å². The summed E-state index contributed by atoms with van der Waals surface area (Å²) in [4.78, 5) is 12.9. The molecule has 3 rings (SSSR count). The van der Waals surface area contributed by atoms with Gasteiger partial charge in [0.05, 0.1) is 10.6 Å². The molecule has 1 aliphatic rings. The molecular weight excluding hydrogens is 390 g/mol. The van der Waals surface area contributed by atoms with Gasteiger partial charge in [-0.3, -0.25) is 4.79 Å². The molecular formula is C21H29N3O4S. The average Bonchev–Trinajstić information content (AvgIpc) is 3.03. The first-order valence-electron chi connectivity index (χ1n) is 9.97. The van der Waals surface area contributed by atoms with E-state index in [1.54, 1.807) is 35.5 Å². The summed E-state index contributed by atoms with van der Waals surface area (Å²) in [5.74, 6) is 0.927. The Morgan fingerprint density at radius 2 is 1.76 bits per heavy atom. The largest absolute Gasteiger partial charge is 0.360 e. The number of nitrogens with one attached hydrogen (secondary N) is 1. The number of aryl methyl sites for hydroxylation is 1. The van der Waals surface area contributed by atoms with Gasteiger partial charge in [-0.2, -0.15) is 4.31 Å². The summed E-state index contributed by atoms with van der Waals surface area (Å²) in [5, 5.41) is 6.70. The van der Waals surface area contributed by atoms with Crippen molar-refractivity contribution in [1.29, 1.82) is 0 Å². The third-order valence-electron chi connectivity index (χ3n) is 5.23. The summed E-state index contributed by atoms with van der Waals surface area (Å²) in [5.41, 5.74) is 1.47. The Hall–Kier alpha value is -2.19. The molecule has 158 valence electrons. The number of benzene rings is 1. The van der Waals surface area contributed by atoms with Crippen molar-refractivity contribution in [3.05, 3.63) is 41.3 Å². The number of piperidine rings is 1. The van der Waals surface area contributed by atoms with Gasteiger partial charge in [-0.15, -0.1) is 0 Å². The maximum atomic E-state index is 13.0. The molecule has 1 saturated heterocycles. The fraction of sp³-hybridized carbons (Fsp3) is 0.524. The highest BCUT2D eigenvalue weighted by molar-refractivity contribution is 7.89. The highest BCUT2D eigenvalue weighted by Gasteiger charge is 2.31. The fourth-order valence-electron chi connectivity index (χ4n) is 3.91. The molecule has 1 N–H and O–H groups in total. The number of rotatable bonds is 5. The molecule has 0 bridgehead atoms. The lowest BCUT2D eigenvalue weighted by Gasteiger charge is -2.34. The normalized spacial score (nSPS) is 20.8. The molecule has 0 spiro atoms. The molecule has 0 radical (unpaired) electrons. The molecule has 1 aromatic carbocycles. The molecule has 1 amide bonds. The van der Waals surface area contributed by atoms with E-state index in [1.807, 2.05) is 13.8 Å². The predicted molar refractivity (Wildman–Crippen MR) is 111 cm³/mol. The third kappa shape index (κ3) is 4.53. The van der Waals surface area contributed by atoms with Crippen LogP contribution in [0.1, 0.15) is 61.8 Å². The van der Waals surface area contributed by atoms with Crippen molar-refractivity contribution in [2.24, 2.45) is 11.8 Å². The summed E-state index contributed by atoms with van der Waals surface area (Å²) in [6, 6.07) is 6.30. The SMILES string of the molecule is Cc1noc(C(C)C)c1C(=O)Nc1ccc(S(=O)(=O)N2CC(C)CC(C)C2)cc1. The highest BCUT2D eigenvalue weighted by atomic mass is 32.2. The highest BCUT2D eigenvalue weighted by Crippen LogP contribution is 2.28. The van der Waals surface area contributed by atoms with Crippen molar-refractivity contribution in [3.63, 3.8) is 0 Å². The zero-order chi connectivity index (χ0) is 21.3. The number of amides is 1. The quantitative estimate of drug-likeness (QED) is 0.790. The Balaban J connectivity index is 1.77. The summed E-state index contributed by atoms with van der Waals surface area (Å²) in [7, 11) is -3.55. The second kappa shape index (κ2) is 8.28. The summed E-state index contributed by atoms with van der Waals surface area (Å²) < 4.78 is 32.8. The minimum absolute atomic E-state index is 0.0267. The van der Waals surface area contributed by atoms with E-state index in [-0.39, 0.29) is 16.7 Å². The van der Waals surface area contributed by atoms with E-state index in [4.69, 9.17) is 4.52 Å². The van der Waals surface area contributed by atoms with E-state index < -0.39 is 10.0 Å². The molecule has 8 heteroatoms. The smallest absolute Gasteiger partial charge is 0.261 e. The van der Waals surface area contributed by atoms with E-state index in [0.717, 1.165) is 6.42 Å². The first kappa shape index (κ1) is 21.5. The van der Waals surface area contributed by atoms with Gasteiger partial charge in [-0.25, -0.2) is 8.42 Å². The number of carbonyl (C=O) groups excluding carboxylic acids is 1. The second-order valence-corrected chi connectivity index (χ2v) is 10.3. The van der Waals surface area contributed by atoms with Crippen LogP contribution in [0.15, 0.2) is 33.7 Å². The van der Waals surface area contributed by atoms with Crippen molar-refractivity contribution in [2.45, 2.75) is 51.9 Å². The molecule has 2 aromatic rings. The van der Waals surface area contributed by atoms with Crippen molar-refractivity contribution in [3.8, 4) is 0 Å². The fourth-order valence-corrected chi connectivity index (χ4v) is 5.59. The van der Waals surface area contributed by atoms with Gasteiger partial charge in [0.15, 0.2) is 5.76 Å². The van der Waals surface area contributed by atoms with Crippen molar-refractivity contribution in [1.82, 2.24) is 9.46 Å². The molecule has 0 saturated carbocycles. The Morgan fingerprint density at radius 3 is 2.31 bits per heavy atom. The summed E-state index contributed by atoms with van der Waals surface area (Å²) >= 11 is 0. The lowest BCUT2D eigenvalue weighted by atomic mass is 9.94. The van der Waals surface area contributed by atoms with Crippen LogP contribution in [0.2, 0.25) is 0 Å². The van der Waals surface area contributed by atoms with Crippen molar-refractivity contribution >= 4 is 21.6 Å². The van der Waals surface area contributed by atoms with Crippen molar-refractivity contribution < 1.29 is 17.7 Å². The van der Waals surface area contributed by atoms with E-state index in [1.165, 1.54) is 0 Å². The van der Waals surface area contributed by atoms with Crippen LogP contribution in [0.5, 0.6) is 0 Å². The molecule has 2 unspecified atom stereocenters. The summed E-state index contributed by atoms with van der Waals surface area (Å²) in [6.45, 7) is 10.8. The lowest BCUT2D eigenvalue weighted by Crippen LogP contribution is -2.42. The van der Waals surface area contributed by atoms with Gasteiger partial charge in [-0.1, -0.05) is 32.9 Å². The third-order valence-corrected chi connectivity index (χ3v) is 7.07. The molecule has 1 aliphatic heterocycles. The lowest BCUT2D eigenvalue weighted by molar-refractivity contribution is 0.102. The van der Waals surface area contributed by atoms with Crippen LogP contribution in [0.25, 0.3) is 0 Å². The number of nitrogens with zero attached hydrogens (tertiary/aromatic N) is 2. The predicted octanol–water partition coefficient (Wildman–Crippen LogP) is 4.03. The van der Waals surface area contributed by atoms with Gasteiger partial charge in [0.1, 0.15) is 5.56 Å². The topological polar surface area (TPSA) is 92.5 Å². The molecule has 1 fully saturated rings. The van der Waals surface area contributed by atoms with Crippen LogP contribution in [0.4, 0.5) is 5.69 Å². The van der Waals surface area contributed by atoms with Crippen LogP contribution in [-0.4, -0.2) is 36.9 Å². The van der Waals surface area contributed by atoms with E-state index >= 15 is 0 Å². The zero-order valence-electron chi connectivity index (χ0n) is 17.6. The van der Waals surface area contributed by atoms with Gasteiger partial charge in [0, 0.05) is 24.7 Å². The Bertz CT molecular complexity index is 970. The van der Waals surface area contributed by atoms with E-state index in [2.05, 4.69) is 24.3 Å². The maximum absolute atomic E-state index is 13.0. The monoisotopic (exact) mass is 419 g/mol. The summed E-state index contributed by atoms with van der Waals surface area (Å²) in [6.07, 6.45) is 1.04. The van der Waals surface area contributed by atoms with E-state index in [9.17, 15) is 13.2 Å². The standard InChI is InChI=1S/C21H29N3O4S/c1-13(2)20-19(16(5)23-28-20)21(25)22-17-6-8-18(9-7-17)29(26,27)24-11-14(3)10-15(4)12-24/h6-9,13-15H,10-12H2,1-5H3,(H,22,25). The zero-order valence-corrected chi connectivity index (χ0v) is 18.4. The Labute approximate surface area is 172 Å². The van der Waals surface area contributed by atoms with Gasteiger partial charge >= 0.3 is 0 Å². The van der Waals surface area contributed by atoms with Gasteiger partial charge in [0.2, 0.25) is 10.0 Å². The van der Waals surface area contributed by atoms with Gasteiger partial charge in [-0.05, 0) is 49.4 Å². The number of aromatic nitrogens is 1. The second-order valence-electron chi connectivity index (χ2n) is 8.41. The molecule has 0 aliphatic carbocycles. The van der Waals surface area contributed by atoms with Crippen molar-refractivity contribution in [2.75, 3.05) is 18.4 Å². The van der Waals surface area contributed by atoms with Crippen LogP contribution in [-0.2, 0) is 10.0 Å². The number of hydrogen-bond acceptors (Lipinski definition) is 5. The first-order valence-corrected chi connectivity index (χ1v) is 11.4. The Morgan fingerprint density at radius 1 is 1.17 bits per heavy atom. The van der Waals surface area contributed by atoms with Crippen LogP contribution < -0.4 is 5.32 Å². The number of hydrogen-bond donors (Lipinski definition) is 1. The van der Waals surface area contributed by atoms with Gasteiger partial charge < -0.3 is 9.84 Å². The minimum Gasteiger partial charge on any atom is -0.360 e. The molecule has 1 aromatic heterocycles. The van der Waals surface area contributed by atoms with E-state index in [0.29, 0.717) is 47.6 Å². The first-order chi connectivity index (χ1) is 13.6. The number of anilines is 1. The molecule has 2 atom stereocenters. The molecule has 7 nitrogen and oxygen atoms in total. The molecule has 29 heavy (non-hydrogen) atoms. The number of sulfonamides is 1. The van der Waals surface area contributed by atoms with Crippen LogP contribution in [0, 0.1) is 18.8 Å².